The van der Waals surface area contributed by atoms with Gasteiger partial charge < -0.3 is 14.7 Å². The first-order chi connectivity index (χ1) is 8.63. The molecule has 6 nitrogen and oxygen atoms in total. The predicted octanol–water partition coefficient (Wildman–Crippen LogP) is 1.66. The largest absolute Gasteiger partial charge is 0.478 e. The van der Waals surface area contributed by atoms with Crippen LogP contribution in [-0.2, 0) is 7.05 Å². The van der Waals surface area contributed by atoms with Crippen LogP contribution in [0.15, 0.2) is 30.7 Å². The van der Waals surface area contributed by atoms with Gasteiger partial charge in [-0.15, -0.1) is 0 Å². The van der Waals surface area contributed by atoms with Gasteiger partial charge >= 0.3 is 5.97 Å². The van der Waals surface area contributed by atoms with E-state index in [4.69, 9.17) is 5.11 Å². The van der Waals surface area contributed by atoms with Gasteiger partial charge in [-0.25, -0.2) is 14.8 Å². The monoisotopic (exact) mass is 242 g/mol. The molecule has 0 spiro atoms. The van der Waals surface area contributed by atoms with Gasteiger partial charge in [0, 0.05) is 13.2 Å². The summed E-state index contributed by atoms with van der Waals surface area (Å²) in [6.45, 7) is 0. The van der Waals surface area contributed by atoms with Gasteiger partial charge in [-0.05, 0) is 18.2 Å². The van der Waals surface area contributed by atoms with Crippen molar-refractivity contribution in [3.63, 3.8) is 0 Å². The van der Waals surface area contributed by atoms with Crippen molar-refractivity contribution >= 4 is 17.0 Å². The summed E-state index contributed by atoms with van der Waals surface area (Å²) in [4.78, 5) is 22.5. The maximum Gasteiger partial charge on any atom is 0.335 e. The number of benzene rings is 1. The standard InChI is InChI=1S/C12H10N4O2/c1-16-5-10(13-6-16)11-14-8-3-2-7(12(17)18)4-9(8)15-11/h2-6H,1H3,(H,14,15)(H,17,18). The van der Waals surface area contributed by atoms with Gasteiger partial charge in [0.1, 0.15) is 5.69 Å². The highest BCUT2D eigenvalue weighted by Crippen LogP contribution is 2.19. The SMILES string of the molecule is Cn1cnc(-c2nc3ccc(C(=O)O)cc3[nH]2)c1. The summed E-state index contributed by atoms with van der Waals surface area (Å²) in [6.07, 6.45) is 3.53. The van der Waals surface area contributed by atoms with E-state index >= 15 is 0 Å². The Hall–Kier alpha value is -2.63. The number of aromatic carboxylic acids is 1. The van der Waals surface area contributed by atoms with Crippen LogP contribution in [0.4, 0.5) is 0 Å². The van der Waals surface area contributed by atoms with Gasteiger partial charge in [0.15, 0.2) is 5.82 Å². The molecule has 0 aliphatic carbocycles. The van der Waals surface area contributed by atoms with E-state index in [9.17, 15) is 4.79 Å². The minimum Gasteiger partial charge on any atom is -0.478 e. The smallest absolute Gasteiger partial charge is 0.335 e. The summed E-state index contributed by atoms with van der Waals surface area (Å²) in [6, 6.07) is 4.78. The number of fused-ring (bicyclic) bond motifs is 1. The Balaban J connectivity index is 2.13. The van der Waals surface area contributed by atoms with E-state index in [1.165, 1.54) is 6.07 Å². The summed E-state index contributed by atoms with van der Waals surface area (Å²) in [5, 5.41) is 8.92. The molecule has 0 aliphatic rings. The van der Waals surface area contributed by atoms with Crippen LogP contribution in [0.1, 0.15) is 10.4 Å². The zero-order chi connectivity index (χ0) is 12.7. The van der Waals surface area contributed by atoms with Crippen LogP contribution in [0.25, 0.3) is 22.6 Å². The molecule has 0 radical (unpaired) electrons. The number of carboxylic acid groups (broad SMARTS) is 1. The molecule has 0 amide bonds. The van der Waals surface area contributed by atoms with E-state index in [1.54, 1.807) is 18.5 Å². The highest BCUT2D eigenvalue weighted by molar-refractivity contribution is 5.92. The quantitative estimate of drug-likeness (QED) is 0.715. The number of aromatic nitrogens is 4. The van der Waals surface area contributed by atoms with Gasteiger partial charge in [-0.2, -0.15) is 0 Å². The van der Waals surface area contributed by atoms with Gasteiger partial charge in [0.2, 0.25) is 0 Å². The number of carboxylic acids is 1. The van der Waals surface area contributed by atoms with Crippen LogP contribution in [0, 0.1) is 0 Å². The van der Waals surface area contributed by atoms with Crippen molar-refractivity contribution in [2.75, 3.05) is 0 Å². The molecule has 6 heteroatoms. The second-order valence-electron chi connectivity index (χ2n) is 4.05. The number of nitrogens with one attached hydrogen (secondary N) is 1. The minimum atomic E-state index is -0.953. The molecule has 3 aromatic rings. The fourth-order valence-electron chi connectivity index (χ4n) is 1.80. The molecule has 90 valence electrons. The molecule has 18 heavy (non-hydrogen) atoms. The highest BCUT2D eigenvalue weighted by Gasteiger charge is 2.10. The van der Waals surface area contributed by atoms with Crippen LogP contribution in [-0.4, -0.2) is 30.6 Å². The van der Waals surface area contributed by atoms with Crippen molar-refractivity contribution in [2.24, 2.45) is 7.05 Å². The van der Waals surface area contributed by atoms with Crippen molar-refractivity contribution in [3.8, 4) is 11.5 Å². The number of hydrogen-bond donors (Lipinski definition) is 2. The molecule has 2 aromatic heterocycles. The third kappa shape index (κ3) is 1.64. The number of carbonyl (C=O) groups is 1. The molecule has 0 aliphatic heterocycles. The predicted molar refractivity (Wildman–Crippen MR) is 65.3 cm³/mol. The van der Waals surface area contributed by atoms with E-state index in [1.807, 2.05) is 17.8 Å². The Bertz CT molecular complexity index is 741. The molecule has 2 N–H and O–H groups in total. The van der Waals surface area contributed by atoms with Gasteiger partial charge in [-0.1, -0.05) is 0 Å². The molecular weight excluding hydrogens is 232 g/mol. The number of H-pyrrole nitrogens is 1. The Labute approximate surface area is 102 Å². The molecule has 0 saturated carbocycles. The highest BCUT2D eigenvalue weighted by atomic mass is 16.4. The summed E-state index contributed by atoms with van der Waals surface area (Å²) in [7, 11) is 1.88. The Morgan fingerprint density at radius 2 is 2.28 bits per heavy atom. The van der Waals surface area contributed by atoms with Gasteiger partial charge in [-0.3, -0.25) is 0 Å². The number of hydrogen-bond acceptors (Lipinski definition) is 3. The normalized spacial score (nSPS) is 10.9. The molecule has 0 unspecified atom stereocenters. The number of rotatable bonds is 2. The van der Waals surface area contributed by atoms with Crippen LogP contribution in [0.3, 0.4) is 0 Å². The van der Waals surface area contributed by atoms with Crippen molar-refractivity contribution < 1.29 is 9.90 Å². The zero-order valence-corrected chi connectivity index (χ0v) is 9.58. The van der Waals surface area contributed by atoms with Crippen LogP contribution >= 0.6 is 0 Å². The lowest BCUT2D eigenvalue weighted by Crippen LogP contribution is -1.94. The van der Waals surface area contributed by atoms with Crippen LogP contribution < -0.4 is 0 Å². The molecule has 3 rings (SSSR count). The Morgan fingerprint density at radius 3 is 2.94 bits per heavy atom. The zero-order valence-electron chi connectivity index (χ0n) is 9.58. The Morgan fingerprint density at radius 1 is 1.44 bits per heavy atom. The molecule has 1 aromatic carbocycles. The second-order valence-corrected chi connectivity index (χ2v) is 4.05. The van der Waals surface area contributed by atoms with Crippen molar-refractivity contribution in [3.05, 3.63) is 36.3 Å². The maximum atomic E-state index is 10.9. The summed E-state index contributed by atoms with van der Waals surface area (Å²) < 4.78 is 1.82. The first kappa shape index (κ1) is 10.5. The van der Waals surface area contributed by atoms with E-state index in [0.29, 0.717) is 11.3 Å². The molecule has 0 saturated heterocycles. The molecule has 2 heterocycles. The van der Waals surface area contributed by atoms with Crippen LogP contribution in [0.2, 0.25) is 0 Å². The van der Waals surface area contributed by atoms with E-state index in [-0.39, 0.29) is 5.56 Å². The summed E-state index contributed by atoms with van der Waals surface area (Å²) in [5.41, 5.74) is 2.38. The van der Waals surface area contributed by atoms with Crippen molar-refractivity contribution in [2.45, 2.75) is 0 Å². The van der Waals surface area contributed by atoms with E-state index in [2.05, 4.69) is 15.0 Å². The molecule has 0 atom stereocenters. The lowest BCUT2D eigenvalue weighted by atomic mass is 10.2. The van der Waals surface area contributed by atoms with Crippen LogP contribution in [0.5, 0.6) is 0 Å². The van der Waals surface area contributed by atoms with Crippen molar-refractivity contribution in [1.29, 1.82) is 0 Å². The van der Waals surface area contributed by atoms with Gasteiger partial charge in [0.25, 0.3) is 0 Å². The lowest BCUT2D eigenvalue weighted by Gasteiger charge is -1.92. The molecular formula is C12H10N4O2. The topological polar surface area (TPSA) is 83.8 Å². The third-order valence-electron chi connectivity index (χ3n) is 2.68. The fourth-order valence-corrected chi connectivity index (χ4v) is 1.80. The first-order valence-electron chi connectivity index (χ1n) is 5.35. The lowest BCUT2D eigenvalue weighted by molar-refractivity contribution is 0.0697. The fraction of sp³-hybridized carbons (Fsp3) is 0.0833. The average molecular weight is 242 g/mol. The third-order valence-corrected chi connectivity index (χ3v) is 2.68. The van der Waals surface area contributed by atoms with E-state index in [0.717, 1.165) is 11.2 Å². The van der Waals surface area contributed by atoms with Crippen molar-refractivity contribution in [1.82, 2.24) is 19.5 Å². The summed E-state index contributed by atoms with van der Waals surface area (Å²) >= 11 is 0. The van der Waals surface area contributed by atoms with E-state index < -0.39 is 5.97 Å². The maximum absolute atomic E-state index is 10.9. The summed E-state index contributed by atoms with van der Waals surface area (Å²) in [5.74, 6) is -0.320. The first-order valence-corrected chi connectivity index (χ1v) is 5.35. The average Bonchev–Trinajstić information content (AvgIpc) is 2.93. The number of imidazole rings is 2. The Kier molecular flexibility index (Phi) is 2.16. The second kappa shape index (κ2) is 3.69. The molecule has 0 fully saturated rings. The van der Waals surface area contributed by atoms with Gasteiger partial charge in [0.05, 0.1) is 22.9 Å². The minimum absolute atomic E-state index is 0.235. The number of nitrogens with zero attached hydrogens (tertiary/aromatic N) is 3. The number of aromatic amines is 1. The molecule has 0 bridgehead atoms. The number of aryl methyl sites for hydroxylation is 1.